The predicted octanol–water partition coefficient (Wildman–Crippen LogP) is 4.53. The van der Waals surface area contributed by atoms with Gasteiger partial charge >= 0.3 is 0 Å². The van der Waals surface area contributed by atoms with Crippen molar-refractivity contribution in [2.75, 3.05) is 5.73 Å². The third kappa shape index (κ3) is 2.85. The van der Waals surface area contributed by atoms with Crippen LogP contribution in [0.1, 0.15) is 9.67 Å². The average molecular weight is 401 g/mol. The van der Waals surface area contributed by atoms with Gasteiger partial charge in [-0.1, -0.05) is 29.8 Å². The average Bonchev–Trinajstić information content (AvgIpc) is 3.29. The van der Waals surface area contributed by atoms with Crippen molar-refractivity contribution >= 4 is 56.1 Å². The Bertz CT molecular complexity index is 1100. The highest BCUT2D eigenvalue weighted by Crippen LogP contribution is 2.42. The number of nitrogens with zero attached hydrogens (tertiary/aromatic N) is 1. The molecule has 5 N–H and O–H groups in total. The molecule has 0 radical (unpaired) electrons. The number of nitrogens with one attached hydrogen (secondary N) is 1. The van der Waals surface area contributed by atoms with Crippen LogP contribution in [0.3, 0.4) is 0 Å². The summed E-state index contributed by atoms with van der Waals surface area (Å²) < 4.78 is 0. The summed E-state index contributed by atoms with van der Waals surface area (Å²) in [4.78, 5) is 18.9. The summed E-state index contributed by atoms with van der Waals surface area (Å²) in [6.45, 7) is 0. The lowest BCUT2D eigenvalue weighted by Crippen LogP contribution is -2.29. The number of anilines is 1. The highest BCUT2D eigenvalue weighted by molar-refractivity contribution is 7.21. The number of aromatic nitrogens is 1. The molecule has 0 bridgehead atoms. The lowest BCUT2D eigenvalue weighted by molar-refractivity contribution is 0.0958. The molecule has 1 aromatic carbocycles. The van der Waals surface area contributed by atoms with Crippen molar-refractivity contribution < 1.29 is 4.79 Å². The summed E-state index contributed by atoms with van der Waals surface area (Å²) in [5.74, 6) is 4.86. The summed E-state index contributed by atoms with van der Waals surface area (Å²) >= 11 is 8.83. The van der Waals surface area contributed by atoms with Gasteiger partial charge in [0.25, 0.3) is 5.91 Å². The van der Waals surface area contributed by atoms with Crippen LogP contribution in [-0.2, 0) is 0 Å². The number of carbonyl (C=O) groups is 1. The van der Waals surface area contributed by atoms with Gasteiger partial charge in [0.15, 0.2) is 0 Å². The molecule has 0 spiro atoms. The number of benzene rings is 1. The van der Waals surface area contributed by atoms with Crippen molar-refractivity contribution in [1.82, 2.24) is 10.4 Å². The molecular formula is C18H13ClN4OS2. The van der Waals surface area contributed by atoms with Gasteiger partial charge in [0.1, 0.15) is 9.71 Å². The molecule has 0 fully saturated rings. The number of carbonyl (C=O) groups excluding carboxylic acids is 1. The van der Waals surface area contributed by atoms with E-state index in [0.717, 1.165) is 27.1 Å². The Kier molecular flexibility index (Phi) is 4.37. The maximum absolute atomic E-state index is 12.0. The molecule has 0 unspecified atom stereocenters. The second kappa shape index (κ2) is 6.69. The first-order valence-corrected chi connectivity index (χ1v) is 9.69. The van der Waals surface area contributed by atoms with Crippen LogP contribution < -0.4 is 17.0 Å². The Morgan fingerprint density at radius 1 is 1.19 bits per heavy atom. The monoisotopic (exact) mass is 400 g/mol. The van der Waals surface area contributed by atoms with Crippen LogP contribution in [0, 0.1) is 0 Å². The number of halogens is 1. The second-order valence-corrected chi connectivity index (χ2v) is 7.92. The molecule has 1 amide bonds. The Morgan fingerprint density at radius 3 is 2.62 bits per heavy atom. The third-order valence-electron chi connectivity index (χ3n) is 3.96. The Hall–Kier alpha value is -2.45. The highest BCUT2D eigenvalue weighted by atomic mass is 35.5. The van der Waals surface area contributed by atoms with Gasteiger partial charge in [-0.15, -0.1) is 22.7 Å². The molecule has 0 saturated carbocycles. The van der Waals surface area contributed by atoms with Gasteiger partial charge in [-0.05, 0) is 29.6 Å². The zero-order chi connectivity index (χ0) is 18.3. The molecule has 26 heavy (non-hydrogen) atoms. The molecule has 4 aromatic rings. The summed E-state index contributed by atoms with van der Waals surface area (Å²) in [7, 11) is 0. The lowest BCUT2D eigenvalue weighted by Gasteiger charge is -2.07. The van der Waals surface area contributed by atoms with E-state index < -0.39 is 5.91 Å². The lowest BCUT2D eigenvalue weighted by atomic mass is 10.0. The number of hydrogen-bond donors (Lipinski definition) is 3. The second-order valence-electron chi connectivity index (χ2n) is 5.54. The summed E-state index contributed by atoms with van der Waals surface area (Å²) in [5, 5.41) is 3.43. The van der Waals surface area contributed by atoms with Gasteiger partial charge in [0.05, 0.1) is 11.4 Å². The predicted molar refractivity (Wildman–Crippen MR) is 109 cm³/mol. The zero-order valence-corrected chi connectivity index (χ0v) is 15.7. The molecule has 130 valence electrons. The molecule has 8 heteroatoms. The van der Waals surface area contributed by atoms with Gasteiger partial charge in [-0.3, -0.25) is 10.2 Å². The summed E-state index contributed by atoms with van der Waals surface area (Å²) in [5.41, 5.74) is 11.5. The maximum Gasteiger partial charge on any atom is 0.277 e. The highest BCUT2D eigenvalue weighted by Gasteiger charge is 2.21. The van der Waals surface area contributed by atoms with E-state index in [4.69, 9.17) is 28.2 Å². The van der Waals surface area contributed by atoms with E-state index in [2.05, 4.69) is 5.43 Å². The zero-order valence-electron chi connectivity index (χ0n) is 13.3. The first-order chi connectivity index (χ1) is 12.6. The fourth-order valence-corrected chi connectivity index (χ4v) is 4.65. The number of nitrogen functional groups attached to an aromatic ring is 2. The molecule has 0 aliphatic rings. The number of fused-ring (bicyclic) bond motifs is 1. The Balaban J connectivity index is 2.02. The standard InChI is InChI=1S/C18H13ClN4OS2/c19-10-5-3-9(4-6-10)12-8-11(13-2-1-7-25-13)14-15(20)16(17(24)23-21)26-18(14)22-12/h1-8H,20-21H2,(H,23,24). The first kappa shape index (κ1) is 17.0. The molecule has 3 heterocycles. The largest absolute Gasteiger partial charge is 0.397 e. The van der Waals surface area contributed by atoms with Crippen LogP contribution in [0.5, 0.6) is 0 Å². The van der Waals surface area contributed by atoms with Crippen molar-refractivity contribution in [2.45, 2.75) is 0 Å². The normalized spacial score (nSPS) is 11.0. The van der Waals surface area contributed by atoms with Gasteiger partial charge in [-0.25, -0.2) is 10.8 Å². The number of amides is 1. The number of pyridine rings is 1. The number of thiophene rings is 2. The molecule has 5 nitrogen and oxygen atoms in total. The number of rotatable bonds is 3. The van der Waals surface area contributed by atoms with Crippen molar-refractivity contribution in [3.8, 4) is 21.7 Å². The molecular weight excluding hydrogens is 388 g/mol. The van der Waals surface area contributed by atoms with Gasteiger partial charge in [0.2, 0.25) is 0 Å². The Morgan fingerprint density at radius 2 is 1.96 bits per heavy atom. The van der Waals surface area contributed by atoms with Crippen LogP contribution in [0.25, 0.3) is 31.9 Å². The molecule has 4 rings (SSSR count). The molecule has 3 aromatic heterocycles. The fourth-order valence-electron chi connectivity index (χ4n) is 2.75. The van der Waals surface area contributed by atoms with E-state index in [0.29, 0.717) is 20.4 Å². The van der Waals surface area contributed by atoms with E-state index in [1.165, 1.54) is 11.3 Å². The minimum absolute atomic E-state index is 0.362. The maximum atomic E-state index is 12.0. The third-order valence-corrected chi connectivity index (χ3v) is 6.22. The van der Waals surface area contributed by atoms with Crippen LogP contribution >= 0.6 is 34.3 Å². The number of nitrogens with two attached hydrogens (primary N) is 2. The minimum atomic E-state index is -0.421. The van der Waals surface area contributed by atoms with Crippen molar-refractivity contribution in [3.63, 3.8) is 0 Å². The SMILES string of the molecule is NNC(=O)c1sc2nc(-c3ccc(Cl)cc3)cc(-c3cccs3)c2c1N. The first-order valence-electron chi connectivity index (χ1n) is 7.62. The molecule has 0 aliphatic heterocycles. The van der Waals surface area contributed by atoms with E-state index in [9.17, 15) is 4.79 Å². The van der Waals surface area contributed by atoms with Crippen LogP contribution in [0.4, 0.5) is 5.69 Å². The fraction of sp³-hybridized carbons (Fsp3) is 0. The van der Waals surface area contributed by atoms with Crippen molar-refractivity contribution in [3.05, 3.63) is 57.7 Å². The summed E-state index contributed by atoms with van der Waals surface area (Å²) in [6, 6.07) is 13.5. The van der Waals surface area contributed by atoms with E-state index in [1.54, 1.807) is 11.3 Å². The number of hydrazine groups is 1. The van der Waals surface area contributed by atoms with Gasteiger partial charge < -0.3 is 5.73 Å². The summed E-state index contributed by atoms with van der Waals surface area (Å²) in [6.07, 6.45) is 0. The quantitative estimate of drug-likeness (QED) is 0.267. The topological polar surface area (TPSA) is 94.0 Å². The van der Waals surface area contributed by atoms with E-state index in [-0.39, 0.29) is 0 Å². The van der Waals surface area contributed by atoms with Crippen LogP contribution in [0.2, 0.25) is 5.02 Å². The van der Waals surface area contributed by atoms with Gasteiger partial charge in [-0.2, -0.15) is 0 Å². The smallest absolute Gasteiger partial charge is 0.277 e. The minimum Gasteiger partial charge on any atom is -0.397 e. The van der Waals surface area contributed by atoms with E-state index in [1.807, 2.05) is 47.8 Å². The Labute approximate surface area is 162 Å². The molecule has 0 saturated heterocycles. The number of hydrogen-bond acceptors (Lipinski definition) is 6. The van der Waals surface area contributed by atoms with Gasteiger partial charge in [0, 0.05) is 26.4 Å². The molecule has 0 aliphatic carbocycles. The van der Waals surface area contributed by atoms with E-state index >= 15 is 0 Å². The van der Waals surface area contributed by atoms with Crippen molar-refractivity contribution in [1.29, 1.82) is 0 Å². The van der Waals surface area contributed by atoms with Crippen molar-refractivity contribution in [2.24, 2.45) is 5.84 Å². The van der Waals surface area contributed by atoms with Crippen LogP contribution in [-0.4, -0.2) is 10.9 Å². The molecule has 0 atom stereocenters. The van der Waals surface area contributed by atoms with Crippen LogP contribution in [0.15, 0.2) is 47.8 Å².